The van der Waals surface area contributed by atoms with E-state index < -0.39 is 0 Å². The van der Waals surface area contributed by atoms with Crippen LogP contribution >= 0.6 is 11.6 Å². The van der Waals surface area contributed by atoms with Gasteiger partial charge in [-0.3, -0.25) is 0 Å². The van der Waals surface area contributed by atoms with Gasteiger partial charge in [0.25, 0.3) is 0 Å². The normalized spacial score (nSPS) is 10.6. The molecule has 0 aliphatic heterocycles. The van der Waals surface area contributed by atoms with Crippen LogP contribution in [0.4, 0.5) is 0 Å². The average molecular weight is 382 g/mol. The zero-order valence-electron chi connectivity index (χ0n) is 15.5. The van der Waals surface area contributed by atoms with E-state index in [-0.39, 0.29) is 0 Å². The summed E-state index contributed by atoms with van der Waals surface area (Å²) in [6, 6.07) is 24.2. The van der Waals surface area contributed by atoms with Gasteiger partial charge in [0.1, 0.15) is 6.61 Å². The van der Waals surface area contributed by atoms with Crippen LogP contribution in [0.25, 0.3) is 0 Å². The number of nitrogens with one attached hydrogen (secondary N) is 1. The summed E-state index contributed by atoms with van der Waals surface area (Å²) >= 11 is 6.19. The molecule has 0 saturated heterocycles. The molecule has 0 fully saturated rings. The molecule has 0 saturated carbocycles. The molecule has 0 aliphatic rings. The fourth-order valence-electron chi connectivity index (χ4n) is 2.82. The third-order valence-corrected chi connectivity index (χ3v) is 4.70. The summed E-state index contributed by atoms with van der Waals surface area (Å²) in [6.07, 6.45) is 1.01. The van der Waals surface area contributed by atoms with Crippen molar-refractivity contribution >= 4 is 11.6 Å². The number of ether oxygens (including phenoxy) is 2. The fourth-order valence-corrected chi connectivity index (χ4v) is 3.01. The van der Waals surface area contributed by atoms with Crippen molar-refractivity contribution in [1.29, 1.82) is 0 Å². The lowest BCUT2D eigenvalue weighted by Gasteiger charge is -2.13. The molecule has 140 valence electrons. The van der Waals surface area contributed by atoms with Gasteiger partial charge < -0.3 is 14.8 Å². The number of methoxy groups -OCH3 is 1. The minimum atomic E-state index is 0.407. The Morgan fingerprint density at radius 2 is 1.63 bits per heavy atom. The smallest absolute Gasteiger partial charge is 0.161 e. The molecule has 27 heavy (non-hydrogen) atoms. The van der Waals surface area contributed by atoms with Crippen LogP contribution in [0.1, 0.15) is 16.7 Å². The molecule has 0 unspecified atom stereocenters. The first-order chi connectivity index (χ1) is 13.3. The molecule has 0 amide bonds. The van der Waals surface area contributed by atoms with E-state index in [9.17, 15) is 0 Å². The second-order valence-electron chi connectivity index (χ2n) is 6.28. The summed E-state index contributed by atoms with van der Waals surface area (Å²) in [5, 5.41) is 4.18. The standard InChI is InChI=1S/C23H24ClNO2/c1-26-23-15-19(16-25-14-13-18-7-3-2-4-8-18)11-12-22(23)27-17-20-9-5-6-10-21(20)24/h2-12,15,25H,13-14,16-17H2,1H3. The number of hydrogen-bond acceptors (Lipinski definition) is 3. The Labute approximate surface area is 165 Å². The molecule has 0 aliphatic carbocycles. The number of benzene rings is 3. The van der Waals surface area contributed by atoms with Crippen molar-refractivity contribution in [2.24, 2.45) is 0 Å². The zero-order chi connectivity index (χ0) is 18.9. The van der Waals surface area contributed by atoms with Crippen LogP contribution in [0.2, 0.25) is 5.02 Å². The van der Waals surface area contributed by atoms with E-state index >= 15 is 0 Å². The van der Waals surface area contributed by atoms with Crippen LogP contribution in [-0.4, -0.2) is 13.7 Å². The van der Waals surface area contributed by atoms with Crippen LogP contribution in [0.5, 0.6) is 11.5 Å². The highest BCUT2D eigenvalue weighted by atomic mass is 35.5. The molecular weight excluding hydrogens is 358 g/mol. The highest BCUT2D eigenvalue weighted by molar-refractivity contribution is 6.31. The quantitative estimate of drug-likeness (QED) is 0.513. The molecule has 0 bridgehead atoms. The Morgan fingerprint density at radius 3 is 2.41 bits per heavy atom. The van der Waals surface area contributed by atoms with Crippen molar-refractivity contribution in [1.82, 2.24) is 5.32 Å². The summed E-state index contributed by atoms with van der Waals surface area (Å²) < 4.78 is 11.4. The lowest BCUT2D eigenvalue weighted by molar-refractivity contribution is 0.284. The molecule has 3 nitrogen and oxygen atoms in total. The third-order valence-electron chi connectivity index (χ3n) is 4.33. The van der Waals surface area contributed by atoms with Gasteiger partial charge in [-0.05, 0) is 42.3 Å². The first-order valence-corrected chi connectivity index (χ1v) is 9.42. The molecular formula is C23H24ClNO2. The maximum Gasteiger partial charge on any atom is 0.161 e. The van der Waals surface area contributed by atoms with Crippen LogP contribution in [-0.2, 0) is 19.6 Å². The van der Waals surface area contributed by atoms with Gasteiger partial charge in [-0.25, -0.2) is 0 Å². The molecule has 0 atom stereocenters. The van der Waals surface area contributed by atoms with Crippen LogP contribution in [0.15, 0.2) is 72.8 Å². The molecule has 3 aromatic rings. The fraction of sp³-hybridized carbons (Fsp3) is 0.217. The third kappa shape index (κ3) is 5.75. The van der Waals surface area contributed by atoms with Gasteiger partial charge >= 0.3 is 0 Å². The summed E-state index contributed by atoms with van der Waals surface area (Å²) in [5.74, 6) is 1.44. The Hall–Kier alpha value is -2.49. The Bertz CT molecular complexity index is 852. The molecule has 3 rings (SSSR count). The van der Waals surface area contributed by atoms with Crippen molar-refractivity contribution in [2.75, 3.05) is 13.7 Å². The molecule has 1 N–H and O–H groups in total. The summed E-state index contributed by atoms with van der Waals surface area (Å²) in [4.78, 5) is 0. The first-order valence-electron chi connectivity index (χ1n) is 9.04. The SMILES string of the molecule is COc1cc(CNCCc2ccccc2)ccc1OCc1ccccc1Cl. The van der Waals surface area contributed by atoms with Crippen LogP contribution in [0.3, 0.4) is 0 Å². The summed E-state index contributed by atoms with van der Waals surface area (Å²) in [6.45, 7) is 2.12. The van der Waals surface area contributed by atoms with Gasteiger partial charge in [0.05, 0.1) is 7.11 Å². The average Bonchev–Trinajstić information content (AvgIpc) is 2.72. The summed E-state index contributed by atoms with van der Waals surface area (Å²) in [5.41, 5.74) is 3.45. The molecule has 0 radical (unpaired) electrons. The maximum absolute atomic E-state index is 6.19. The van der Waals surface area contributed by atoms with Crippen molar-refractivity contribution in [3.63, 3.8) is 0 Å². The van der Waals surface area contributed by atoms with E-state index in [0.29, 0.717) is 17.4 Å². The zero-order valence-corrected chi connectivity index (χ0v) is 16.2. The molecule has 4 heteroatoms. The second kappa shape index (κ2) is 10.0. The molecule has 0 spiro atoms. The number of hydrogen-bond donors (Lipinski definition) is 1. The minimum Gasteiger partial charge on any atom is -0.493 e. The van der Waals surface area contributed by atoms with Gasteiger partial charge in [0, 0.05) is 17.1 Å². The monoisotopic (exact) mass is 381 g/mol. The van der Waals surface area contributed by atoms with E-state index in [0.717, 1.165) is 36.4 Å². The topological polar surface area (TPSA) is 30.5 Å². The van der Waals surface area contributed by atoms with Crippen molar-refractivity contribution in [3.8, 4) is 11.5 Å². The van der Waals surface area contributed by atoms with Gasteiger partial charge in [0.15, 0.2) is 11.5 Å². The van der Waals surface area contributed by atoms with E-state index in [4.69, 9.17) is 21.1 Å². The predicted molar refractivity (Wildman–Crippen MR) is 111 cm³/mol. The highest BCUT2D eigenvalue weighted by Gasteiger charge is 2.07. The van der Waals surface area contributed by atoms with E-state index in [1.54, 1.807) is 7.11 Å². The second-order valence-corrected chi connectivity index (χ2v) is 6.68. The number of halogens is 1. The maximum atomic E-state index is 6.19. The first kappa shape index (κ1) is 19.3. The predicted octanol–water partition coefficient (Wildman–Crippen LogP) is 5.26. The van der Waals surface area contributed by atoms with Crippen molar-refractivity contribution in [2.45, 2.75) is 19.6 Å². The minimum absolute atomic E-state index is 0.407. The largest absolute Gasteiger partial charge is 0.493 e. The van der Waals surface area contributed by atoms with E-state index in [2.05, 4.69) is 35.6 Å². The Balaban J connectivity index is 1.53. The highest BCUT2D eigenvalue weighted by Crippen LogP contribution is 2.29. The lowest BCUT2D eigenvalue weighted by atomic mass is 10.1. The lowest BCUT2D eigenvalue weighted by Crippen LogP contribution is -2.16. The van der Waals surface area contributed by atoms with Gasteiger partial charge in [-0.2, -0.15) is 0 Å². The van der Waals surface area contributed by atoms with Gasteiger partial charge in [-0.1, -0.05) is 66.2 Å². The summed E-state index contributed by atoms with van der Waals surface area (Å²) in [7, 11) is 1.66. The van der Waals surface area contributed by atoms with Crippen molar-refractivity contribution < 1.29 is 9.47 Å². The van der Waals surface area contributed by atoms with Crippen LogP contribution in [0, 0.1) is 0 Å². The van der Waals surface area contributed by atoms with Crippen LogP contribution < -0.4 is 14.8 Å². The molecule has 3 aromatic carbocycles. The molecule has 0 aromatic heterocycles. The van der Waals surface area contributed by atoms with Gasteiger partial charge in [-0.15, -0.1) is 0 Å². The Kier molecular flexibility index (Phi) is 7.14. The number of rotatable bonds is 9. The molecule has 0 heterocycles. The van der Waals surface area contributed by atoms with Gasteiger partial charge in [0.2, 0.25) is 0 Å². The van der Waals surface area contributed by atoms with Crippen molar-refractivity contribution in [3.05, 3.63) is 94.5 Å². The van der Waals surface area contributed by atoms with E-state index in [1.807, 2.05) is 42.5 Å². The van der Waals surface area contributed by atoms with E-state index in [1.165, 1.54) is 5.56 Å². The Morgan fingerprint density at radius 1 is 0.852 bits per heavy atom.